The van der Waals surface area contributed by atoms with E-state index in [-0.39, 0.29) is 49.8 Å². The summed E-state index contributed by atoms with van der Waals surface area (Å²) in [5, 5.41) is 15.9. The molecule has 4 atom stereocenters. The Balaban J connectivity index is 1.10. The molecule has 3 aromatic rings. The van der Waals surface area contributed by atoms with Crippen LogP contribution in [0, 0.1) is 0 Å². The van der Waals surface area contributed by atoms with Crippen LogP contribution in [0.5, 0.6) is 17.2 Å². The smallest absolute Gasteiger partial charge is 0.255 e. The third-order valence-corrected chi connectivity index (χ3v) is 7.38. The average molecular weight is 531 g/mol. The van der Waals surface area contributed by atoms with Crippen LogP contribution in [-0.2, 0) is 16.0 Å². The summed E-state index contributed by atoms with van der Waals surface area (Å²) in [6.07, 6.45) is 0.252. The quantitative estimate of drug-likeness (QED) is 0.409. The van der Waals surface area contributed by atoms with E-state index in [1.54, 1.807) is 24.3 Å². The highest BCUT2D eigenvalue weighted by Crippen LogP contribution is 2.47. The lowest BCUT2D eigenvalue weighted by molar-refractivity contribution is -0.142. The van der Waals surface area contributed by atoms with Crippen molar-refractivity contribution in [3.8, 4) is 17.2 Å². The van der Waals surface area contributed by atoms with E-state index in [4.69, 9.17) is 18.9 Å². The van der Waals surface area contributed by atoms with E-state index in [0.29, 0.717) is 41.5 Å². The molecule has 9 heteroatoms. The second-order valence-corrected chi connectivity index (χ2v) is 9.97. The second-order valence-electron chi connectivity index (χ2n) is 9.97. The number of benzene rings is 3. The van der Waals surface area contributed by atoms with Crippen molar-refractivity contribution in [3.05, 3.63) is 83.4 Å². The van der Waals surface area contributed by atoms with Gasteiger partial charge < -0.3 is 34.7 Å². The molecule has 2 amide bonds. The number of fused-ring (bicyclic) bond motifs is 4. The van der Waals surface area contributed by atoms with E-state index in [1.807, 2.05) is 42.5 Å². The topological polar surface area (TPSA) is 115 Å². The monoisotopic (exact) mass is 530 g/mol. The predicted molar refractivity (Wildman–Crippen MR) is 142 cm³/mol. The first-order chi connectivity index (χ1) is 19.1. The Kier molecular flexibility index (Phi) is 7.08. The van der Waals surface area contributed by atoms with Gasteiger partial charge in [0.1, 0.15) is 18.0 Å². The van der Waals surface area contributed by atoms with Crippen LogP contribution in [-0.4, -0.2) is 55.2 Å². The zero-order chi connectivity index (χ0) is 26.8. The van der Waals surface area contributed by atoms with Crippen LogP contribution in [0.25, 0.3) is 0 Å². The summed E-state index contributed by atoms with van der Waals surface area (Å²) in [7, 11) is 0. The molecular formula is C30H30N2O7. The van der Waals surface area contributed by atoms with Crippen molar-refractivity contribution in [2.75, 3.05) is 25.3 Å². The van der Waals surface area contributed by atoms with Gasteiger partial charge in [0.25, 0.3) is 5.91 Å². The minimum Gasteiger partial charge on any atom is -0.487 e. The maximum Gasteiger partial charge on any atom is 0.255 e. The van der Waals surface area contributed by atoms with E-state index in [9.17, 15) is 14.7 Å². The van der Waals surface area contributed by atoms with Crippen molar-refractivity contribution in [3.63, 3.8) is 0 Å². The van der Waals surface area contributed by atoms with E-state index in [2.05, 4.69) is 10.6 Å². The molecule has 6 rings (SSSR count). The van der Waals surface area contributed by atoms with E-state index < -0.39 is 6.10 Å². The molecule has 3 aliphatic rings. The summed E-state index contributed by atoms with van der Waals surface area (Å²) < 4.78 is 22.9. The number of carbonyl (C=O) groups is 2. The van der Waals surface area contributed by atoms with Gasteiger partial charge in [-0.2, -0.15) is 0 Å². The summed E-state index contributed by atoms with van der Waals surface area (Å²) in [6.45, 7) is 0.473. The number of hydrogen-bond donors (Lipinski definition) is 3. The van der Waals surface area contributed by atoms with Gasteiger partial charge in [-0.3, -0.25) is 9.59 Å². The highest BCUT2D eigenvalue weighted by atomic mass is 16.7. The fourth-order valence-corrected chi connectivity index (χ4v) is 5.48. The van der Waals surface area contributed by atoms with Crippen LogP contribution in [0.2, 0.25) is 0 Å². The van der Waals surface area contributed by atoms with Gasteiger partial charge in [-0.25, -0.2) is 0 Å². The average Bonchev–Trinajstić information content (AvgIpc) is 3.57. The lowest BCUT2D eigenvalue weighted by Crippen LogP contribution is -2.47. The largest absolute Gasteiger partial charge is 0.487 e. The van der Waals surface area contributed by atoms with Crippen molar-refractivity contribution in [2.45, 2.75) is 43.5 Å². The predicted octanol–water partition coefficient (Wildman–Crippen LogP) is 3.41. The molecule has 3 N–H and O–H groups in total. The molecule has 0 aliphatic carbocycles. The molecule has 0 spiro atoms. The summed E-state index contributed by atoms with van der Waals surface area (Å²) in [4.78, 5) is 25.6. The SMILES string of the molecule is O=C(C[C@@H]1C[C@@H]2c3cc(NC(=O)c4ccc5c(c4)OCO5)ccc3O[C@@H]2[C@@H](CO)O1)NCCc1ccccc1. The molecule has 0 unspecified atom stereocenters. The van der Waals surface area contributed by atoms with Crippen LogP contribution in [0.15, 0.2) is 66.7 Å². The molecular weight excluding hydrogens is 500 g/mol. The molecule has 0 radical (unpaired) electrons. The number of aliphatic hydroxyl groups excluding tert-OH is 1. The van der Waals surface area contributed by atoms with E-state index in [1.165, 1.54) is 0 Å². The Morgan fingerprint density at radius 3 is 2.62 bits per heavy atom. The summed E-state index contributed by atoms with van der Waals surface area (Å²) >= 11 is 0. The normalized spacial score (nSPS) is 22.4. The summed E-state index contributed by atoms with van der Waals surface area (Å²) in [5.74, 6) is 1.42. The van der Waals surface area contributed by atoms with Crippen LogP contribution in [0.4, 0.5) is 5.69 Å². The maximum absolute atomic E-state index is 12.9. The number of ether oxygens (including phenoxy) is 4. The molecule has 0 aromatic heterocycles. The first kappa shape index (κ1) is 25.2. The Morgan fingerprint density at radius 1 is 0.949 bits per heavy atom. The number of carbonyl (C=O) groups excluding carboxylic acids is 2. The summed E-state index contributed by atoms with van der Waals surface area (Å²) in [6, 6.07) is 20.6. The van der Waals surface area contributed by atoms with Crippen LogP contribution >= 0.6 is 0 Å². The fraction of sp³-hybridized carbons (Fsp3) is 0.333. The van der Waals surface area contributed by atoms with Crippen molar-refractivity contribution in [1.29, 1.82) is 0 Å². The van der Waals surface area contributed by atoms with E-state index in [0.717, 1.165) is 17.5 Å². The number of hydrogen-bond acceptors (Lipinski definition) is 7. The molecule has 1 saturated heterocycles. The minimum atomic E-state index is -0.551. The van der Waals surface area contributed by atoms with Gasteiger partial charge in [-0.05, 0) is 54.8 Å². The lowest BCUT2D eigenvalue weighted by Gasteiger charge is -2.37. The second kappa shape index (κ2) is 11.0. The van der Waals surface area contributed by atoms with Gasteiger partial charge >= 0.3 is 0 Å². The van der Waals surface area contributed by atoms with Crippen molar-refractivity contribution >= 4 is 17.5 Å². The number of aliphatic hydroxyl groups is 1. The number of nitrogens with one attached hydrogen (secondary N) is 2. The van der Waals surface area contributed by atoms with Crippen LogP contribution in [0.1, 0.15) is 40.2 Å². The van der Waals surface area contributed by atoms with Gasteiger partial charge in [-0.15, -0.1) is 0 Å². The Labute approximate surface area is 226 Å². The van der Waals surface area contributed by atoms with Gasteiger partial charge in [-0.1, -0.05) is 30.3 Å². The Hall–Kier alpha value is -4.08. The molecule has 9 nitrogen and oxygen atoms in total. The first-order valence-corrected chi connectivity index (χ1v) is 13.2. The Bertz CT molecular complexity index is 1360. The zero-order valence-corrected chi connectivity index (χ0v) is 21.3. The standard InChI is InChI=1S/C30H30N2O7/c33-16-27-29-23(14-21(38-27)15-28(34)31-11-10-18-4-2-1-3-5-18)22-13-20(7-9-24(22)39-29)32-30(35)19-6-8-25-26(12-19)37-17-36-25/h1-9,12-13,21,23,27,29,33H,10-11,14-17H2,(H,31,34)(H,32,35)/t21-,23+,27+,29-/m0/s1. The maximum atomic E-state index is 12.9. The number of amides is 2. The van der Waals surface area contributed by atoms with Gasteiger partial charge in [0, 0.05) is 29.3 Å². The van der Waals surface area contributed by atoms with Crippen LogP contribution < -0.4 is 24.8 Å². The summed E-state index contributed by atoms with van der Waals surface area (Å²) in [5.41, 5.74) is 3.18. The van der Waals surface area contributed by atoms with Crippen LogP contribution in [0.3, 0.4) is 0 Å². The third-order valence-electron chi connectivity index (χ3n) is 7.38. The molecule has 202 valence electrons. The molecule has 3 aromatic carbocycles. The molecule has 3 heterocycles. The molecule has 0 saturated carbocycles. The highest BCUT2D eigenvalue weighted by molar-refractivity contribution is 6.04. The van der Waals surface area contributed by atoms with Gasteiger partial charge in [0.05, 0.1) is 19.1 Å². The zero-order valence-electron chi connectivity index (χ0n) is 21.3. The first-order valence-electron chi connectivity index (χ1n) is 13.2. The number of rotatable bonds is 8. The molecule has 3 aliphatic heterocycles. The minimum absolute atomic E-state index is 0.0737. The Morgan fingerprint density at radius 2 is 1.77 bits per heavy atom. The fourth-order valence-electron chi connectivity index (χ4n) is 5.48. The lowest BCUT2D eigenvalue weighted by atomic mass is 9.84. The van der Waals surface area contributed by atoms with E-state index >= 15 is 0 Å². The van der Waals surface area contributed by atoms with Gasteiger partial charge in [0.15, 0.2) is 11.5 Å². The highest BCUT2D eigenvalue weighted by Gasteiger charge is 2.46. The number of anilines is 1. The van der Waals surface area contributed by atoms with Crippen molar-refractivity contribution in [2.24, 2.45) is 0 Å². The molecule has 1 fully saturated rings. The van der Waals surface area contributed by atoms with Gasteiger partial charge in [0.2, 0.25) is 12.7 Å². The molecule has 0 bridgehead atoms. The van der Waals surface area contributed by atoms with Crippen molar-refractivity contribution in [1.82, 2.24) is 5.32 Å². The third kappa shape index (κ3) is 5.41. The molecule has 39 heavy (non-hydrogen) atoms. The van der Waals surface area contributed by atoms with Crippen molar-refractivity contribution < 1.29 is 33.6 Å².